The van der Waals surface area contributed by atoms with Gasteiger partial charge < -0.3 is 9.64 Å². The van der Waals surface area contributed by atoms with Crippen molar-refractivity contribution in [3.8, 4) is 0 Å². The molecular weight excluding hydrogens is 322 g/mol. The second-order valence-electron chi connectivity index (χ2n) is 4.46. The first-order chi connectivity index (χ1) is 9.69. The molecule has 2 rings (SSSR count). The Balaban J connectivity index is 2.33. The molecule has 0 radical (unpaired) electrons. The molecule has 108 valence electrons. The van der Waals surface area contributed by atoms with E-state index in [2.05, 4.69) is 21.0 Å². The Morgan fingerprint density at radius 2 is 2.15 bits per heavy atom. The van der Waals surface area contributed by atoms with Gasteiger partial charge >= 0.3 is 0 Å². The van der Waals surface area contributed by atoms with E-state index in [1.165, 1.54) is 0 Å². The fraction of sp³-hybridized carbons (Fsp3) is 0.429. The number of ether oxygens (including phenoxy) is 1. The standard InChI is InChI=1S/C14H18BrN3O2/c1-17-12-6-4-3-5-11(12)13(16-17)14(19)18(8-7-15)9-10-20-2/h3-6H,7-10H2,1-2H3. The van der Waals surface area contributed by atoms with Gasteiger partial charge in [-0.1, -0.05) is 34.1 Å². The minimum Gasteiger partial charge on any atom is -0.383 e. The smallest absolute Gasteiger partial charge is 0.275 e. The molecule has 1 aromatic carbocycles. The van der Waals surface area contributed by atoms with Gasteiger partial charge in [-0.3, -0.25) is 9.48 Å². The number of alkyl halides is 1. The molecule has 0 aliphatic heterocycles. The van der Waals surface area contributed by atoms with Crippen LogP contribution in [0.3, 0.4) is 0 Å². The van der Waals surface area contributed by atoms with Crippen molar-refractivity contribution >= 4 is 32.7 Å². The molecule has 0 atom stereocenters. The Labute approximate surface area is 126 Å². The summed E-state index contributed by atoms with van der Waals surface area (Å²) in [7, 11) is 3.48. The summed E-state index contributed by atoms with van der Waals surface area (Å²) in [4.78, 5) is 14.4. The average Bonchev–Trinajstić information content (AvgIpc) is 2.80. The maximum absolute atomic E-state index is 12.6. The largest absolute Gasteiger partial charge is 0.383 e. The van der Waals surface area contributed by atoms with E-state index in [-0.39, 0.29) is 5.91 Å². The van der Waals surface area contributed by atoms with E-state index in [1.807, 2.05) is 31.3 Å². The van der Waals surface area contributed by atoms with Gasteiger partial charge in [-0.2, -0.15) is 5.10 Å². The van der Waals surface area contributed by atoms with E-state index in [0.29, 0.717) is 25.4 Å². The average molecular weight is 340 g/mol. The highest BCUT2D eigenvalue weighted by molar-refractivity contribution is 9.09. The molecule has 0 unspecified atom stereocenters. The van der Waals surface area contributed by atoms with Crippen LogP contribution in [-0.2, 0) is 11.8 Å². The van der Waals surface area contributed by atoms with Crippen LogP contribution >= 0.6 is 15.9 Å². The van der Waals surface area contributed by atoms with Crippen LogP contribution < -0.4 is 0 Å². The molecule has 0 aliphatic rings. The third kappa shape index (κ3) is 3.02. The zero-order valence-corrected chi connectivity index (χ0v) is 13.3. The van der Waals surface area contributed by atoms with Crippen molar-refractivity contribution < 1.29 is 9.53 Å². The molecule has 0 saturated heterocycles. The van der Waals surface area contributed by atoms with Gasteiger partial charge in [0.15, 0.2) is 5.69 Å². The molecule has 20 heavy (non-hydrogen) atoms. The topological polar surface area (TPSA) is 47.4 Å². The molecule has 1 amide bonds. The number of para-hydroxylation sites is 1. The van der Waals surface area contributed by atoms with Crippen LogP contribution in [0.5, 0.6) is 0 Å². The summed E-state index contributed by atoms with van der Waals surface area (Å²) in [5, 5.41) is 5.99. The van der Waals surface area contributed by atoms with Gasteiger partial charge in [-0.15, -0.1) is 0 Å². The van der Waals surface area contributed by atoms with Crippen LogP contribution in [0.1, 0.15) is 10.5 Å². The minimum atomic E-state index is -0.0571. The molecule has 0 aliphatic carbocycles. The first-order valence-electron chi connectivity index (χ1n) is 6.45. The number of halogens is 1. The Morgan fingerprint density at radius 1 is 1.40 bits per heavy atom. The summed E-state index contributed by atoms with van der Waals surface area (Å²) in [6.45, 7) is 1.71. The highest BCUT2D eigenvalue weighted by Gasteiger charge is 2.21. The monoisotopic (exact) mass is 339 g/mol. The van der Waals surface area contributed by atoms with Crippen LogP contribution in [0.25, 0.3) is 10.9 Å². The van der Waals surface area contributed by atoms with Crippen LogP contribution in [0.15, 0.2) is 24.3 Å². The zero-order valence-electron chi connectivity index (χ0n) is 11.7. The molecule has 2 aromatic rings. The third-order valence-electron chi connectivity index (χ3n) is 3.17. The van der Waals surface area contributed by atoms with Crippen molar-refractivity contribution in [2.45, 2.75) is 0 Å². The van der Waals surface area contributed by atoms with Crippen LogP contribution in [0.2, 0.25) is 0 Å². The maximum Gasteiger partial charge on any atom is 0.275 e. The summed E-state index contributed by atoms with van der Waals surface area (Å²) in [6.07, 6.45) is 0. The number of rotatable bonds is 6. The number of aromatic nitrogens is 2. The van der Waals surface area contributed by atoms with Gasteiger partial charge in [0.25, 0.3) is 5.91 Å². The van der Waals surface area contributed by atoms with E-state index in [4.69, 9.17) is 4.74 Å². The van der Waals surface area contributed by atoms with Crippen LogP contribution in [-0.4, -0.2) is 52.7 Å². The molecule has 0 spiro atoms. The van der Waals surface area contributed by atoms with Gasteiger partial charge in [-0.05, 0) is 6.07 Å². The second-order valence-corrected chi connectivity index (χ2v) is 5.26. The predicted molar refractivity (Wildman–Crippen MR) is 82.3 cm³/mol. The van der Waals surface area contributed by atoms with Gasteiger partial charge in [0.2, 0.25) is 0 Å². The Hall–Kier alpha value is -1.40. The summed E-state index contributed by atoms with van der Waals surface area (Å²) in [6, 6.07) is 7.76. The number of fused-ring (bicyclic) bond motifs is 1. The van der Waals surface area contributed by atoms with E-state index in [1.54, 1.807) is 16.7 Å². The number of carbonyl (C=O) groups excluding carboxylic acids is 1. The lowest BCUT2D eigenvalue weighted by Gasteiger charge is -2.20. The summed E-state index contributed by atoms with van der Waals surface area (Å²) < 4.78 is 6.80. The van der Waals surface area contributed by atoms with Crippen LogP contribution in [0.4, 0.5) is 0 Å². The molecular formula is C14H18BrN3O2. The number of hydrogen-bond acceptors (Lipinski definition) is 3. The quantitative estimate of drug-likeness (QED) is 0.757. The van der Waals surface area contributed by atoms with E-state index < -0.39 is 0 Å². The maximum atomic E-state index is 12.6. The number of methoxy groups -OCH3 is 1. The lowest BCUT2D eigenvalue weighted by molar-refractivity contribution is 0.0704. The van der Waals surface area contributed by atoms with Crippen molar-refractivity contribution in [3.05, 3.63) is 30.0 Å². The highest BCUT2D eigenvalue weighted by atomic mass is 79.9. The summed E-state index contributed by atoms with van der Waals surface area (Å²) >= 11 is 3.38. The third-order valence-corrected chi connectivity index (χ3v) is 3.52. The summed E-state index contributed by atoms with van der Waals surface area (Å²) in [5.41, 5.74) is 1.46. The van der Waals surface area contributed by atoms with Gasteiger partial charge in [-0.25, -0.2) is 0 Å². The molecule has 0 fully saturated rings. The number of aryl methyl sites for hydroxylation is 1. The predicted octanol–water partition coefficient (Wildman–Crippen LogP) is 2.06. The molecule has 5 nitrogen and oxygen atoms in total. The Morgan fingerprint density at radius 3 is 2.85 bits per heavy atom. The molecule has 1 aromatic heterocycles. The lowest BCUT2D eigenvalue weighted by atomic mass is 10.2. The van der Waals surface area contributed by atoms with Gasteiger partial charge in [0.1, 0.15) is 0 Å². The fourth-order valence-corrected chi connectivity index (χ4v) is 2.57. The molecule has 0 N–H and O–H groups in total. The van der Waals surface area contributed by atoms with Crippen LogP contribution in [0, 0.1) is 0 Å². The van der Waals surface area contributed by atoms with Crippen molar-refractivity contribution in [2.75, 3.05) is 32.1 Å². The molecule has 1 heterocycles. The zero-order chi connectivity index (χ0) is 14.5. The number of carbonyl (C=O) groups is 1. The van der Waals surface area contributed by atoms with Gasteiger partial charge in [0, 0.05) is 38.0 Å². The van der Waals surface area contributed by atoms with E-state index >= 15 is 0 Å². The molecule has 0 saturated carbocycles. The van der Waals surface area contributed by atoms with Gasteiger partial charge in [0.05, 0.1) is 12.1 Å². The SMILES string of the molecule is COCCN(CCBr)C(=O)c1nn(C)c2ccccc12. The van der Waals surface area contributed by atoms with Crippen molar-refractivity contribution in [1.82, 2.24) is 14.7 Å². The molecule has 6 heteroatoms. The normalized spacial score (nSPS) is 10.9. The number of nitrogens with zero attached hydrogens (tertiary/aromatic N) is 3. The minimum absolute atomic E-state index is 0.0571. The molecule has 0 bridgehead atoms. The Kier molecular flexibility index (Phi) is 5.14. The number of benzene rings is 1. The number of hydrogen-bond donors (Lipinski definition) is 0. The Bertz CT molecular complexity index is 597. The first-order valence-corrected chi connectivity index (χ1v) is 7.57. The summed E-state index contributed by atoms with van der Waals surface area (Å²) in [5.74, 6) is -0.0571. The fourth-order valence-electron chi connectivity index (χ4n) is 2.14. The lowest BCUT2D eigenvalue weighted by Crippen LogP contribution is -2.35. The van der Waals surface area contributed by atoms with Crippen molar-refractivity contribution in [3.63, 3.8) is 0 Å². The van der Waals surface area contributed by atoms with Crippen molar-refractivity contribution in [1.29, 1.82) is 0 Å². The first kappa shape index (κ1) is 15.0. The number of amides is 1. The van der Waals surface area contributed by atoms with Crippen molar-refractivity contribution in [2.24, 2.45) is 7.05 Å². The highest BCUT2D eigenvalue weighted by Crippen LogP contribution is 2.19. The van der Waals surface area contributed by atoms with E-state index in [0.717, 1.165) is 16.2 Å². The van der Waals surface area contributed by atoms with E-state index in [9.17, 15) is 4.79 Å². The second kappa shape index (κ2) is 6.85.